The number of hydrogen-bond acceptors (Lipinski definition) is 4. The number of fused-ring (bicyclic) bond motifs is 1. The summed E-state index contributed by atoms with van der Waals surface area (Å²) in [4.78, 5) is 14.0. The maximum atomic E-state index is 12.3. The summed E-state index contributed by atoms with van der Waals surface area (Å²) in [6.07, 6.45) is 2.70. The molecule has 0 radical (unpaired) electrons. The number of amides is 1. The molecule has 1 amide bonds. The summed E-state index contributed by atoms with van der Waals surface area (Å²) in [6, 6.07) is 3.68. The van der Waals surface area contributed by atoms with E-state index < -0.39 is 0 Å². The Morgan fingerprint density at radius 3 is 3.06 bits per heavy atom. The minimum absolute atomic E-state index is 0.0195. The zero-order valence-electron chi connectivity index (χ0n) is 10.2. The molecule has 3 heterocycles. The van der Waals surface area contributed by atoms with Gasteiger partial charge in [0.1, 0.15) is 5.82 Å². The highest BCUT2D eigenvalue weighted by molar-refractivity contribution is 5.95. The molecule has 1 atom stereocenters. The Hall–Kier alpha value is -1.95. The number of hydrogen-bond donors (Lipinski definition) is 1. The molecule has 6 heteroatoms. The second-order valence-electron chi connectivity index (χ2n) is 4.69. The normalized spacial score (nSPS) is 19.7. The van der Waals surface area contributed by atoms with Crippen LogP contribution in [0, 0.1) is 6.92 Å². The molecule has 6 nitrogen and oxygen atoms in total. The van der Waals surface area contributed by atoms with Gasteiger partial charge in [-0.25, -0.2) is 0 Å². The number of rotatable bonds is 1. The molecule has 2 N–H and O–H groups in total. The molecule has 0 spiro atoms. The van der Waals surface area contributed by atoms with Crippen LogP contribution in [0.25, 0.3) is 5.65 Å². The van der Waals surface area contributed by atoms with Crippen molar-refractivity contribution < 1.29 is 4.79 Å². The maximum Gasteiger partial charge on any atom is 0.254 e. The molecule has 1 aliphatic rings. The van der Waals surface area contributed by atoms with Crippen molar-refractivity contribution in [2.45, 2.75) is 19.4 Å². The minimum atomic E-state index is 0.0195. The second-order valence-corrected chi connectivity index (χ2v) is 4.69. The molecule has 0 saturated carbocycles. The molecular formula is C12H15N5O. The summed E-state index contributed by atoms with van der Waals surface area (Å²) in [6.45, 7) is 3.24. The number of likely N-dealkylation sites (tertiary alicyclic amines) is 1. The third kappa shape index (κ3) is 1.74. The lowest BCUT2D eigenvalue weighted by Gasteiger charge is -2.15. The lowest BCUT2D eigenvalue weighted by Crippen LogP contribution is -2.31. The van der Waals surface area contributed by atoms with Crippen LogP contribution in [0.15, 0.2) is 18.3 Å². The van der Waals surface area contributed by atoms with Crippen molar-refractivity contribution >= 4 is 11.6 Å². The fraction of sp³-hybridized carbons (Fsp3) is 0.417. The topological polar surface area (TPSA) is 76.5 Å². The summed E-state index contributed by atoms with van der Waals surface area (Å²) in [7, 11) is 0. The van der Waals surface area contributed by atoms with E-state index in [1.165, 1.54) is 0 Å². The number of carbonyl (C=O) groups excluding carboxylic acids is 1. The summed E-state index contributed by atoms with van der Waals surface area (Å²) in [5, 5.41) is 7.99. The van der Waals surface area contributed by atoms with Crippen LogP contribution in [-0.4, -0.2) is 44.5 Å². The van der Waals surface area contributed by atoms with E-state index >= 15 is 0 Å². The molecule has 1 saturated heterocycles. The lowest BCUT2D eigenvalue weighted by molar-refractivity contribution is 0.0791. The van der Waals surface area contributed by atoms with E-state index in [0.717, 1.165) is 18.8 Å². The summed E-state index contributed by atoms with van der Waals surface area (Å²) in [5.74, 6) is 0.832. The van der Waals surface area contributed by atoms with Crippen LogP contribution in [0.3, 0.4) is 0 Å². The van der Waals surface area contributed by atoms with Crippen LogP contribution in [-0.2, 0) is 0 Å². The fourth-order valence-corrected chi connectivity index (χ4v) is 2.30. The molecule has 1 aliphatic heterocycles. The van der Waals surface area contributed by atoms with Crippen LogP contribution >= 0.6 is 0 Å². The summed E-state index contributed by atoms with van der Waals surface area (Å²) < 4.78 is 1.85. The van der Waals surface area contributed by atoms with Crippen molar-refractivity contribution in [1.82, 2.24) is 19.5 Å². The van der Waals surface area contributed by atoms with E-state index in [4.69, 9.17) is 5.73 Å². The van der Waals surface area contributed by atoms with Gasteiger partial charge < -0.3 is 10.6 Å². The van der Waals surface area contributed by atoms with E-state index in [-0.39, 0.29) is 11.9 Å². The first-order valence-corrected chi connectivity index (χ1v) is 6.01. The number of aromatic nitrogens is 3. The molecule has 0 aromatic carbocycles. The quantitative estimate of drug-likeness (QED) is 0.779. The Morgan fingerprint density at radius 2 is 2.33 bits per heavy atom. The molecule has 2 aromatic heterocycles. The molecule has 94 valence electrons. The van der Waals surface area contributed by atoms with Crippen LogP contribution in [0.5, 0.6) is 0 Å². The van der Waals surface area contributed by atoms with Gasteiger partial charge in [0, 0.05) is 30.9 Å². The fourth-order valence-electron chi connectivity index (χ4n) is 2.30. The van der Waals surface area contributed by atoms with Gasteiger partial charge in [-0.05, 0) is 25.5 Å². The predicted octanol–water partition coefficient (Wildman–Crippen LogP) is 0.211. The molecule has 18 heavy (non-hydrogen) atoms. The first-order chi connectivity index (χ1) is 8.65. The third-order valence-electron chi connectivity index (χ3n) is 3.34. The van der Waals surface area contributed by atoms with Crippen LogP contribution in [0.1, 0.15) is 22.6 Å². The van der Waals surface area contributed by atoms with Gasteiger partial charge in [-0.15, -0.1) is 10.2 Å². The van der Waals surface area contributed by atoms with E-state index in [0.29, 0.717) is 17.8 Å². The summed E-state index contributed by atoms with van der Waals surface area (Å²) >= 11 is 0. The highest BCUT2D eigenvalue weighted by atomic mass is 16.2. The number of aryl methyl sites for hydroxylation is 1. The van der Waals surface area contributed by atoms with Crippen molar-refractivity contribution in [1.29, 1.82) is 0 Å². The van der Waals surface area contributed by atoms with Crippen molar-refractivity contribution in [3.63, 3.8) is 0 Å². The molecule has 1 unspecified atom stereocenters. The molecule has 1 fully saturated rings. The zero-order valence-corrected chi connectivity index (χ0v) is 10.2. The Morgan fingerprint density at radius 1 is 1.50 bits per heavy atom. The first kappa shape index (κ1) is 11.2. The highest BCUT2D eigenvalue weighted by Crippen LogP contribution is 2.14. The van der Waals surface area contributed by atoms with Crippen molar-refractivity contribution in [2.75, 3.05) is 13.1 Å². The second kappa shape index (κ2) is 4.06. The predicted molar refractivity (Wildman–Crippen MR) is 66.2 cm³/mol. The van der Waals surface area contributed by atoms with Gasteiger partial charge in [0.25, 0.3) is 5.91 Å². The maximum absolute atomic E-state index is 12.3. The lowest BCUT2D eigenvalue weighted by atomic mass is 10.2. The average molecular weight is 245 g/mol. The van der Waals surface area contributed by atoms with E-state index in [1.807, 2.05) is 17.5 Å². The SMILES string of the molecule is Cc1nnc2cc(C(=O)N3CCC(N)C3)ccn12. The number of nitrogens with two attached hydrogens (primary N) is 1. The molecular weight excluding hydrogens is 230 g/mol. The zero-order chi connectivity index (χ0) is 12.7. The molecule has 0 aliphatic carbocycles. The highest BCUT2D eigenvalue weighted by Gasteiger charge is 2.24. The van der Waals surface area contributed by atoms with Gasteiger partial charge in [-0.1, -0.05) is 0 Å². The Labute approximate surface area is 104 Å². The van der Waals surface area contributed by atoms with E-state index in [1.54, 1.807) is 17.0 Å². The molecule has 0 bridgehead atoms. The van der Waals surface area contributed by atoms with E-state index in [2.05, 4.69) is 10.2 Å². The van der Waals surface area contributed by atoms with Gasteiger partial charge in [-0.3, -0.25) is 9.20 Å². The third-order valence-corrected chi connectivity index (χ3v) is 3.34. The van der Waals surface area contributed by atoms with Gasteiger partial charge >= 0.3 is 0 Å². The molecule has 2 aromatic rings. The van der Waals surface area contributed by atoms with E-state index in [9.17, 15) is 4.79 Å². The minimum Gasteiger partial charge on any atom is -0.337 e. The van der Waals surface area contributed by atoms with Gasteiger partial charge in [0.2, 0.25) is 0 Å². The van der Waals surface area contributed by atoms with Crippen molar-refractivity contribution in [3.8, 4) is 0 Å². The Balaban J connectivity index is 1.92. The first-order valence-electron chi connectivity index (χ1n) is 6.01. The van der Waals surface area contributed by atoms with Crippen molar-refractivity contribution in [3.05, 3.63) is 29.7 Å². The van der Waals surface area contributed by atoms with Crippen LogP contribution < -0.4 is 5.73 Å². The summed E-state index contributed by atoms with van der Waals surface area (Å²) in [5.41, 5.74) is 7.15. The molecule has 3 rings (SSSR count). The number of carbonyl (C=O) groups is 1. The smallest absolute Gasteiger partial charge is 0.254 e. The monoisotopic (exact) mass is 245 g/mol. The Bertz CT molecular complexity index is 606. The van der Waals surface area contributed by atoms with Gasteiger partial charge in [0.05, 0.1) is 0 Å². The van der Waals surface area contributed by atoms with Crippen molar-refractivity contribution in [2.24, 2.45) is 5.73 Å². The van der Waals surface area contributed by atoms with Gasteiger partial charge in [-0.2, -0.15) is 0 Å². The average Bonchev–Trinajstić information content (AvgIpc) is 2.95. The van der Waals surface area contributed by atoms with Gasteiger partial charge in [0.15, 0.2) is 5.65 Å². The Kier molecular flexibility index (Phi) is 2.52. The van der Waals surface area contributed by atoms with Crippen LogP contribution in [0.4, 0.5) is 0 Å². The largest absolute Gasteiger partial charge is 0.337 e. The number of nitrogens with zero attached hydrogens (tertiary/aromatic N) is 4. The standard InChI is InChI=1S/C12H15N5O/c1-8-14-15-11-6-9(2-5-17(8)11)12(18)16-4-3-10(13)7-16/h2,5-6,10H,3-4,7,13H2,1H3. The van der Waals surface area contributed by atoms with Crippen LogP contribution in [0.2, 0.25) is 0 Å². The number of pyridine rings is 1.